The minimum Gasteiger partial charge on any atom is -0.454 e. The fourth-order valence-electron chi connectivity index (χ4n) is 3.53. The number of fused-ring (bicyclic) bond motifs is 2. The van der Waals surface area contributed by atoms with Gasteiger partial charge in [0.15, 0.2) is 11.5 Å². The predicted molar refractivity (Wildman–Crippen MR) is 91.4 cm³/mol. The zero-order chi connectivity index (χ0) is 16.5. The van der Waals surface area contributed by atoms with Crippen LogP contribution in [0.4, 0.5) is 0 Å². The fourth-order valence-corrected chi connectivity index (χ4v) is 3.53. The Morgan fingerprint density at radius 1 is 1.12 bits per heavy atom. The molecule has 0 fully saturated rings. The van der Waals surface area contributed by atoms with Gasteiger partial charge in [0.2, 0.25) is 6.79 Å². The Labute approximate surface area is 142 Å². The van der Waals surface area contributed by atoms with Crippen LogP contribution in [0.25, 0.3) is 0 Å². The lowest BCUT2D eigenvalue weighted by Gasteiger charge is -2.37. The maximum atomic E-state index is 13.0. The Kier molecular flexibility index (Phi) is 3.89. The van der Waals surface area contributed by atoms with Crippen LogP contribution in [0.3, 0.4) is 0 Å². The van der Waals surface area contributed by atoms with Crippen molar-refractivity contribution in [2.24, 2.45) is 0 Å². The van der Waals surface area contributed by atoms with Crippen molar-refractivity contribution in [3.8, 4) is 11.5 Å². The standard InChI is InChI=1S/C20H21NO3/c1-2-3-10-21-17(11-14-6-4-5-7-16(14)20(21)22)15-8-9-18-19(12-15)24-13-23-18/h4-9,12,17H,2-3,10-11,13H2,1H3. The maximum absolute atomic E-state index is 13.0. The van der Waals surface area contributed by atoms with E-state index in [-0.39, 0.29) is 18.7 Å². The van der Waals surface area contributed by atoms with E-state index in [9.17, 15) is 4.79 Å². The second-order valence-corrected chi connectivity index (χ2v) is 6.34. The lowest BCUT2D eigenvalue weighted by Crippen LogP contribution is -2.40. The summed E-state index contributed by atoms with van der Waals surface area (Å²) in [4.78, 5) is 15.0. The van der Waals surface area contributed by atoms with Crippen molar-refractivity contribution in [2.45, 2.75) is 32.2 Å². The highest BCUT2D eigenvalue weighted by Crippen LogP contribution is 2.39. The lowest BCUT2D eigenvalue weighted by atomic mass is 9.89. The Morgan fingerprint density at radius 3 is 2.83 bits per heavy atom. The summed E-state index contributed by atoms with van der Waals surface area (Å²) in [6.07, 6.45) is 2.92. The zero-order valence-corrected chi connectivity index (χ0v) is 13.8. The predicted octanol–water partition coefficient (Wildman–Crippen LogP) is 3.96. The lowest BCUT2D eigenvalue weighted by molar-refractivity contribution is 0.0644. The van der Waals surface area contributed by atoms with Crippen LogP contribution >= 0.6 is 0 Å². The van der Waals surface area contributed by atoms with Crippen molar-refractivity contribution in [3.05, 3.63) is 59.2 Å². The first-order chi connectivity index (χ1) is 11.8. The van der Waals surface area contributed by atoms with Crippen LogP contribution < -0.4 is 9.47 Å². The summed E-state index contributed by atoms with van der Waals surface area (Å²) in [5.74, 6) is 1.68. The van der Waals surface area contributed by atoms with Crippen LogP contribution in [0.1, 0.15) is 47.3 Å². The van der Waals surface area contributed by atoms with Gasteiger partial charge in [-0.1, -0.05) is 37.6 Å². The molecule has 4 nitrogen and oxygen atoms in total. The van der Waals surface area contributed by atoms with Crippen molar-refractivity contribution < 1.29 is 14.3 Å². The molecule has 0 aromatic heterocycles. The van der Waals surface area contributed by atoms with Crippen LogP contribution in [0, 0.1) is 0 Å². The third-order valence-electron chi connectivity index (χ3n) is 4.83. The summed E-state index contributed by atoms with van der Waals surface area (Å²) in [6, 6.07) is 14.0. The molecule has 0 aliphatic carbocycles. The largest absolute Gasteiger partial charge is 0.454 e. The Bertz CT molecular complexity index is 771. The molecule has 0 spiro atoms. The van der Waals surface area contributed by atoms with Gasteiger partial charge < -0.3 is 14.4 Å². The van der Waals surface area contributed by atoms with Crippen LogP contribution in [0.2, 0.25) is 0 Å². The van der Waals surface area contributed by atoms with E-state index in [0.717, 1.165) is 54.0 Å². The minimum atomic E-state index is 0.0495. The highest BCUT2D eigenvalue weighted by molar-refractivity contribution is 5.97. The summed E-state index contributed by atoms with van der Waals surface area (Å²) in [6.45, 7) is 3.20. The Hall–Kier alpha value is -2.49. The number of ether oxygens (including phenoxy) is 2. The van der Waals surface area contributed by atoms with E-state index < -0.39 is 0 Å². The smallest absolute Gasteiger partial charge is 0.254 e. The molecule has 0 saturated heterocycles. The van der Waals surface area contributed by atoms with Gasteiger partial charge in [-0.15, -0.1) is 0 Å². The first-order valence-electron chi connectivity index (χ1n) is 8.56. The van der Waals surface area contributed by atoms with E-state index in [4.69, 9.17) is 9.47 Å². The SMILES string of the molecule is CCCCN1C(=O)c2ccccc2CC1c1ccc2c(c1)OCO2. The molecule has 4 heteroatoms. The number of carbonyl (C=O) groups excluding carboxylic acids is 1. The van der Waals surface area contributed by atoms with Crippen LogP contribution in [-0.2, 0) is 6.42 Å². The van der Waals surface area contributed by atoms with Gasteiger partial charge in [-0.05, 0) is 42.2 Å². The molecule has 1 unspecified atom stereocenters. The highest BCUT2D eigenvalue weighted by atomic mass is 16.7. The van der Waals surface area contributed by atoms with Crippen molar-refractivity contribution in [1.29, 1.82) is 0 Å². The van der Waals surface area contributed by atoms with E-state index >= 15 is 0 Å². The first kappa shape index (κ1) is 15.1. The number of hydrogen-bond donors (Lipinski definition) is 0. The molecule has 0 saturated carbocycles. The molecule has 0 radical (unpaired) electrons. The number of amides is 1. The summed E-state index contributed by atoms with van der Waals surface area (Å²) < 4.78 is 10.9. The summed E-state index contributed by atoms with van der Waals surface area (Å²) in [5.41, 5.74) is 3.07. The number of rotatable bonds is 4. The minimum absolute atomic E-state index is 0.0495. The molecular formula is C20H21NO3. The van der Waals surface area contributed by atoms with Gasteiger partial charge >= 0.3 is 0 Å². The molecule has 24 heavy (non-hydrogen) atoms. The molecular weight excluding hydrogens is 302 g/mol. The molecule has 2 heterocycles. The van der Waals surface area contributed by atoms with Crippen LogP contribution in [0.15, 0.2) is 42.5 Å². The quantitative estimate of drug-likeness (QED) is 0.855. The van der Waals surface area contributed by atoms with E-state index in [1.807, 2.05) is 35.2 Å². The summed E-state index contributed by atoms with van der Waals surface area (Å²) >= 11 is 0. The molecule has 4 rings (SSSR count). The van der Waals surface area contributed by atoms with Gasteiger partial charge in [0.25, 0.3) is 5.91 Å². The number of hydrogen-bond acceptors (Lipinski definition) is 3. The van der Waals surface area contributed by atoms with Gasteiger partial charge in [-0.3, -0.25) is 4.79 Å². The summed E-state index contributed by atoms with van der Waals surface area (Å²) in [5, 5.41) is 0. The molecule has 2 aliphatic heterocycles. The molecule has 2 aromatic rings. The van der Waals surface area contributed by atoms with Gasteiger partial charge in [-0.2, -0.15) is 0 Å². The van der Waals surface area contributed by atoms with Crippen molar-refractivity contribution in [3.63, 3.8) is 0 Å². The first-order valence-corrected chi connectivity index (χ1v) is 8.56. The second kappa shape index (κ2) is 6.19. The van der Waals surface area contributed by atoms with Crippen molar-refractivity contribution in [2.75, 3.05) is 13.3 Å². The number of carbonyl (C=O) groups is 1. The summed E-state index contributed by atoms with van der Waals surface area (Å²) in [7, 11) is 0. The molecule has 124 valence electrons. The highest BCUT2D eigenvalue weighted by Gasteiger charge is 2.33. The fraction of sp³-hybridized carbons (Fsp3) is 0.350. The number of unbranched alkanes of at least 4 members (excludes halogenated alkanes) is 1. The van der Waals surface area contributed by atoms with Crippen LogP contribution in [0.5, 0.6) is 11.5 Å². The van der Waals surface area contributed by atoms with Crippen molar-refractivity contribution in [1.82, 2.24) is 4.90 Å². The second-order valence-electron chi connectivity index (χ2n) is 6.34. The monoisotopic (exact) mass is 323 g/mol. The van der Waals surface area contributed by atoms with E-state index in [1.165, 1.54) is 0 Å². The van der Waals surface area contributed by atoms with Crippen LogP contribution in [-0.4, -0.2) is 24.1 Å². The normalized spacial score (nSPS) is 18.6. The Morgan fingerprint density at radius 2 is 1.96 bits per heavy atom. The van der Waals surface area contributed by atoms with E-state index in [2.05, 4.69) is 19.1 Å². The van der Waals surface area contributed by atoms with Gasteiger partial charge in [0, 0.05) is 12.1 Å². The van der Waals surface area contributed by atoms with E-state index in [0.29, 0.717) is 0 Å². The van der Waals surface area contributed by atoms with E-state index in [1.54, 1.807) is 0 Å². The van der Waals surface area contributed by atoms with Crippen molar-refractivity contribution >= 4 is 5.91 Å². The third-order valence-corrected chi connectivity index (χ3v) is 4.83. The van der Waals surface area contributed by atoms with Gasteiger partial charge in [0.1, 0.15) is 0 Å². The molecule has 1 amide bonds. The maximum Gasteiger partial charge on any atom is 0.254 e. The van der Waals surface area contributed by atoms with Gasteiger partial charge in [-0.25, -0.2) is 0 Å². The average molecular weight is 323 g/mol. The topological polar surface area (TPSA) is 38.8 Å². The molecule has 2 aliphatic rings. The molecule has 2 aromatic carbocycles. The zero-order valence-electron chi connectivity index (χ0n) is 13.8. The molecule has 1 atom stereocenters. The Balaban J connectivity index is 1.73. The van der Waals surface area contributed by atoms with Gasteiger partial charge in [0.05, 0.1) is 6.04 Å². The number of benzene rings is 2. The molecule has 0 N–H and O–H groups in total. The number of nitrogens with zero attached hydrogens (tertiary/aromatic N) is 1. The molecule has 0 bridgehead atoms. The average Bonchev–Trinajstić information content (AvgIpc) is 3.08. The third kappa shape index (κ3) is 2.52.